The second kappa shape index (κ2) is 6.34. The summed E-state index contributed by atoms with van der Waals surface area (Å²) in [4.78, 5) is 11.8. The van der Waals surface area contributed by atoms with Gasteiger partial charge in [-0.25, -0.2) is 13.6 Å². The Morgan fingerprint density at radius 1 is 1.38 bits per heavy atom. The second-order valence-electron chi connectivity index (χ2n) is 4.33. The quantitative estimate of drug-likeness (QED) is 0.861. The molecule has 0 saturated carbocycles. The molecule has 5 nitrogen and oxygen atoms in total. The highest BCUT2D eigenvalue weighted by molar-refractivity contribution is 5.90. The highest BCUT2D eigenvalue weighted by atomic mass is 19.2. The number of ether oxygens (including phenoxy) is 1. The zero-order chi connectivity index (χ0) is 15.4. The van der Waals surface area contributed by atoms with Gasteiger partial charge in [-0.05, 0) is 19.1 Å². The number of nitrogens with one attached hydrogen (secondary N) is 1. The number of hydrogen-bond donors (Lipinski definition) is 1. The molecule has 112 valence electrons. The lowest BCUT2D eigenvalue weighted by Crippen LogP contribution is -2.12. The topological polar surface area (TPSA) is 56.1 Å². The summed E-state index contributed by atoms with van der Waals surface area (Å²) in [7, 11) is 1.69. The van der Waals surface area contributed by atoms with Crippen LogP contribution in [0.5, 0.6) is 0 Å². The zero-order valence-corrected chi connectivity index (χ0v) is 11.7. The van der Waals surface area contributed by atoms with Gasteiger partial charge in [-0.3, -0.25) is 4.68 Å². The summed E-state index contributed by atoms with van der Waals surface area (Å²) < 4.78 is 32.4. The van der Waals surface area contributed by atoms with Gasteiger partial charge in [-0.15, -0.1) is 0 Å². The number of aryl methyl sites for hydroxylation is 1. The molecular weight excluding hydrogens is 280 g/mol. The third kappa shape index (κ3) is 3.36. The minimum Gasteiger partial charge on any atom is -0.462 e. The van der Waals surface area contributed by atoms with E-state index in [1.807, 2.05) is 0 Å². The lowest BCUT2D eigenvalue weighted by molar-refractivity contribution is 0.0525. The van der Waals surface area contributed by atoms with Crippen LogP contribution in [-0.2, 0) is 18.3 Å². The predicted octanol–water partition coefficient (Wildman–Crippen LogP) is 2.49. The summed E-state index contributed by atoms with van der Waals surface area (Å²) in [5, 5.41) is 6.92. The van der Waals surface area contributed by atoms with Crippen LogP contribution in [0.1, 0.15) is 23.0 Å². The molecule has 0 bridgehead atoms. The van der Waals surface area contributed by atoms with E-state index in [-0.39, 0.29) is 13.2 Å². The van der Waals surface area contributed by atoms with E-state index in [2.05, 4.69) is 10.4 Å². The predicted molar refractivity (Wildman–Crippen MR) is 72.8 cm³/mol. The number of rotatable bonds is 5. The number of carbonyl (C=O) groups is 1. The van der Waals surface area contributed by atoms with Crippen molar-refractivity contribution in [3.05, 3.63) is 47.3 Å². The molecule has 0 fully saturated rings. The molecule has 1 N–H and O–H groups in total. The lowest BCUT2D eigenvalue weighted by atomic mass is 10.2. The van der Waals surface area contributed by atoms with Gasteiger partial charge >= 0.3 is 5.97 Å². The van der Waals surface area contributed by atoms with Gasteiger partial charge in [0.25, 0.3) is 0 Å². The minimum atomic E-state index is -0.935. The molecule has 0 radical (unpaired) electrons. The van der Waals surface area contributed by atoms with Crippen LogP contribution in [-0.4, -0.2) is 22.4 Å². The number of hydrogen-bond acceptors (Lipinski definition) is 4. The van der Waals surface area contributed by atoms with Gasteiger partial charge in [-0.2, -0.15) is 5.10 Å². The smallest absolute Gasteiger partial charge is 0.341 e. The van der Waals surface area contributed by atoms with E-state index in [1.165, 1.54) is 16.9 Å². The highest BCUT2D eigenvalue weighted by Crippen LogP contribution is 2.16. The lowest BCUT2D eigenvalue weighted by Gasteiger charge is -2.09. The third-order valence-electron chi connectivity index (χ3n) is 2.94. The Labute approximate surface area is 120 Å². The molecule has 0 aliphatic carbocycles. The van der Waals surface area contributed by atoms with Crippen molar-refractivity contribution in [1.29, 1.82) is 0 Å². The fraction of sp³-hybridized carbons (Fsp3) is 0.286. The van der Waals surface area contributed by atoms with Crippen LogP contribution < -0.4 is 5.32 Å². The van der Waals surface area contributed by atoms with Crippen molar-refractivity contribution in [1.82, 2.24) is 9.78 Å². The van der Waals surface area contributed by atoms with E-state index >= 15 is 0 Å². The normalized spacial score (nSPS) is 10.5. The fourth-order valence-corrected chi connectivity index (χ4v) is 1.84. The number of carbonyl (C=O) groups excluding carboxylic acids is 1. The van der Waals surface area contributed by atoms with Gasteiger partial charge in [0.1, 0.15) is 5.56 Å². The summed E-state index contributed by atoms with van der Waals surface area (Å²) in [5.41, 5.74) is 1.34. The molecule has 1 aromatic carbocycles. The summed E-state index contributed by atoms with van der Waals surface area (Å²) >= 11 is 0. The molecule has 0 aliphatic heterocycles. The fourth-order valence-electron chi connectivity index (χ4n) is 1.84. The van der Waals surface area contributed by atoms with Crippen LogP contribution in [0.4, 0.5) is 14.5 Å². The van der Waals surface area contributed by atoms with Gasteiger partial charge in [0.05, 0.1) is 25.0 Å². The summed E-state index contributed by atoms with van der Waals surface area (Å²) in [5.74, 6) is -2.31. The number of aromatic nitrogens is 2. The maximum atomic E-state index is 13.1. The van der Waals surface area contributed by atoms with Crippen LogP contribution in [0.2, 0.25) is 0 Å². The maximum Gasteiger partial charge on any atom is 0.341 e. The Balaban J connectivity index is 2.14. The number of benzene rings is 1. The minimum absolute atomic E-state index is 0.232. The average molecular weight is 295 g/mol. The van der Waals surface area contributed by atoms with Gasteiger partial charge in [0.15, 0.2) is 11.6 Å². The van der Waals surface area contributed by atoms with Crippen molar-refractivity contribution < 1.29 is 18.3 Å². The van der Waals surface area contributed by atoms with E-state index in [4.69, 9.17) is 4.74 Å². The molecule has 0 saturated heterocycles. The van der Waals surface area contributed by atoms with Crippen LogP contribution in [0.15, 0.2) is 24.4 Å². The molecule has 1 heterocycles. The van der Waals surface area contributed by atoms with Gasteiger partial charge in [-0.1, -0.05) is 0 Å². The highest BCUT2D eigenvalue weighted by Gasteiger charge is 2.17. The van der Waals surface area contributed by atoms with Crippen molar-refractivity contribution in [2.24, 2.45) is 7.05 Å². The van der Waals surface area contributed by atoms with E-state index < -0.39 is 17.6 Å². The summed E-state index contributed by atoms with van der Waals surface area (Å²) in [6, 6.07) is 3.50. The number of esters is 1. The van der Waals surface area contributed by atoms with Crippen LogP contribution in [0, 0.1) is 11.6 Å². The first-order valence-electron chi connectivity index (χ1n) is 6.39. The molecule has 2 rings (SSSR count). The third-order valence-corrected chi connectivity index (χ3v) is 2.94. The average Bonchev–Trinajstić information content (AvgIpc) is 2.82. The monoisotopic (exact) mass is 295 g/mol. The number of anilines is 1. The Morgan fingerprint density at radius 2 is 2.14 bits per heavy atom. The molecular formula is C14H15F2N3O2. The first-order chi connectivity index (χ1) is 10.0. The van der Waals surface area contributed by atoms with E-state index in [0.717, 1.165) is 12.1 Å². The second-order valence-corrected chi connectivity index (χ2v) is 4.33. The number of halogens is 2. The van der Waals surface area contributed by atoms with Crippen LogP contribution >= 0.6 is 0 Å². The van der Waals surface area contributed by atoms with Crippen molar-refractivity contribution >= 4 is 11.7 Å². The zero-order valence-electron chi connectivity index (χ0n) is 11.7. The standard InChI is InChI=1S/C14H15F2N3O2/c1-3-21-14(20)10-7-18-19(2)13(10)8-17-9-4-5-11(15)12(16)6-9/h4-7,17H,3,8H2,1-2H3. The molecule has 0 amide bonds. The molecule has 21 heavy (non-hydrogen) atoms. The van der Waals surface area contributed by atoms with Gasteiger partial charge in [0, 0.05) is 18.8 Å². The van der Waals surface area contributed by atoms with Crippen molar-refractivity contribution in [3.8, 4) is 0 Å². The Kier molecular flexibility index (Phi) is 4.52. The molecule has 0 atom stereocenters. The van der Waals surface area contributed by atoms with Gasteiger partial charge in [0.2, 0.25) is 0 Å². The molecule has 7 heteroatoms. The van der Waals surface area contributed by atoms with Crippen molar-refractivity contribution in [3.63, 3.8) is 0 Å². The maximum absolute atomic E-state index is 13.1. The van der Waals surface area contributed by atoms with Crippen molar-refractivity contribution in [2.75, 3.05) is 11.9 Å². The van der Waals surface area contributed by atoms with E-state index in [1.54, 1.807) is 14.0 Å². The SMILES string of the molecule is CCOC(=O)c1cnn(C)c1CNc1ccc(F)c(F)c1. The number of nitrogens with zero attached hydrogens (tertiary/aromatic N) is 2. The summed E-state index contributed by atoms with van der Waals surface area (Å²) in [6.45, 7) is 2.22. The molecule has 2 aromatic rings. The molecule has 0 unspecified atom stereocenters. The summed E-state index contributed by atoms with van der Waals surface area (Å²) in [6.07, 6.45) is 1.42. The molecule has 1 aromatic heterocycles. The molecule has 0 aliphatic rings. The van der Waals surface area contributed by atoms with Crippen LogP contribution in [0.3, 0.4) is 0 Å². The Bertz CT molecular complexity index is 656. The Hall–Kier alpha value is -2.44. The van der Waals surface area contributed by atoms with E-state index in [0.29, 0.717) is 16.9 Å². The molecule has 0 spiro atoms. The van der Waals surface area contributed by atoms with E-state index in [9.17, 15) is 13.6 Å². The first-order valence-corrected chi connectivity index (χ1v) is 6.39. The van der Waals surface area contributed by atoms with Gasteiger partial charge < -0.3 is 10.1 Å². The largest absolute Gasteiger partial charge is 0.462 e. The van der Waals surface area contributed by atoms with Crippen LogP contribution in [0.25, 0.3) is 0 Å². The Morgan fingerprint density at radius 3 is 2.81 bits per heavy atom. The first kappa shape index (κ1) is 15.0. The van der Waals surface area contributed by atoms with Crippen molar-refractivity contribution in [2.45, 2.75) is 13.5 Å².